The Labute approximate surface area is 73.8 Å². The van der Waals surface area contributed by atoms with Crippen LogP contribution in [0.5, 0.6) is 0 Å². The van der Waals surface area contributed by atoms with Crippen molar-refractivity contribution in [3.8, 4) is 0 Å². The second-order valence-corrected chi connectivity index (χ2v) is 2.64. The standard InChI is InChI=1S/C8H9F3N2/c1-2-3-6-4-12-5-7(13-6)8(9,10)11/h4-5H,2-3H2,1H3. The number of halogens is 3. The normalized spacial score (nSPS) is 11.7. The summed E-state index contributed by atoms with van der Waals surface area (Å²) in [7, 11) is 0. The molecule has 0 fully saturated rings. The van der Waals surface area contributed by atoms with E-state index in [1.807, 2.05) is 6.92 Å². The zero-order valence-corrected chi connectivity index (χ0v) is 7.10. The van der Waals surface area contributed by atoms with Crippen molar-refractivity contribution in [2.45, 2.75) is 25.9 Å². The lowest BCUT2D eigenvalue weighted by Gasteiger charge is -2.05. The second kappa shape index (κ2) is 3.72. The van der Waals surface area contributed by atoms with Crippen LogP contribution in [0.4, 0.5) is 13.2 Å². The Balaban J connectivity index is 2.92. The first-order valence-electron chi connectivity index (χ1n) is 3.92. The minimum Gasteiger partial charge on any atom is -0.261 e. The molecule has 0 unspecified atom stereocenters. The SMILES string of the molecule is CCCc1cncc(C(F)(F)F)n1. The summed E-state index contributed by atoms with van der Waals surface area (Å²) in [5.74, 6) is 0. The smallest absolute Gasteiger partial charge is 0.261 e. The fourth-order valence-electron chi connectivity index (χ4n) is 0.920. The van der Waals surface area contributed by atoms with Gasteiger partial charge < -0.3 is 0 Å². The summed E-state index contributed by atoms with van der Waals surface area (Å²) in [5.41, 5.74) is -0.532. The first-order valence-corrected chi connectivity index (χ1v) is 3.92. The number of alkyl halides is 3. The highest BCUT2D eigenvalue weighted by atomic mass is 19.4. The average Bonchev–Trinajstić information content (AvgIpc) is 2.04. The van der Waals surface area contributed by atoms with Crippen LogP contribution in [0.25, 0.3) is 0 Å². The number of rotatable bonds is 2. The number of hydrogen-bond acceptors (Lipinski definition) is 2. The van der Waals surface area contributed by atoms with E-state index in [-0.39, 0.29) is 0 Å². The van der Waals surface area contributed by atoms with Gasteiger partial charge in [-0.05, 0) is 6.42 Å². The van der Waals surface area contributed by atoms with Crippen LogP contribution in [0, 0.1) is 0 Å². The van der Waals surface area contributed by atoms with E-state index >= 15 is 0 Å². The van der Waals surface area contributed by atoms with Crippen LogP contribution in [-0.2, 0) is 12.6 Å². The highest BCUT2D eigenvalue weighted by molar-refractivity contribution is 5.06. The first kappa shape index (κ1) is 9.95. The summed E-state index contributed by atoms with van der Waals surface area (Å²) in [6.07, 6.45) is -1.01. The Kier molecular flexibility index (Phi) is 2.85. The molecule has 0 spiro atoms. The summed E-state index contributed by atoms with van der Waals surface area (Å²) in [6.45, 7) is 1.88. The van der Waals surface area contributed by atoms with Crippen molar-refractivity contribution in [3.63, 3.8) is 0 Å². The lowest BCUT2D eigenvalue weighted by Crippen LogP contribution is -2.10. The highest BCUT2D eigenvalue weighted by Crippen LogP contribution is 2.26. The van der Waals surface area contributed by atoms with Crippen molar-refractivity contribution in [3.05, 3.63) is 23.8 Å². The summed E-state index contributed by atoms with van der Waals surface area (Å²) in [4.78, 5) is 6.93. The molecule has 0 N–H and O–H groups in total. The quantitative estimate of drug-likeness (QED) is 0.715. The molecule has 1 aromatic heterocycles. The van der Waals surface area contributed by atoms with E-state index < -0.39 is 11.9 Å². The van der Waals surface area contributed by atoms with Crippen LogP contribution in [-0.4, -0.2) is 9.97 Å². The third kappa shape index (κ3) is 2.68. The molecule has 0 bridgehead atoms. The summed E-state index contributed by atoms with van der Waals surface area (Å²) in [5, 5.41) is 0. The van der Waals surface area contributed by atoms with Crippen LogP contribution in [0.2, 0.25) is 0 Å². The predicted octanol–water partition coefficient (Wildman–Crippen LogP) is 2.45. The minimum absolute atomic E-state index is 0.386. The maximum Gasteiger partial charge on any atom is 0.434 e. The van der Waals surface area contributed by atoms with Crippen LogP contribution in [0.15, 0.2) is 12.4 Å². The molecule has 0 aliphatic heterocycles. The van der Waals surface area contributed by atoms with Gasteiger partial charge in [-0.15, -0.1) is 0 Å². The lowest BCUT2D eigenvalue weighted by atomic mass is 10.2. The maximum atomic E-state index is 12.1. The molecule has 0 aliphatic carbocycles. The van der Waals surface area contributed by atoms with E-state index in [2.05, 4.69) is 9.97 Å². The molecule has 0 saturated heterocycles. The highest BCUT2D eigenvalue weighted by Gasteiger charge is 2.32. The van der Waals surface area contributed by atoms with Gasteiger partial charge in [0.1, 0.15) is 0 Å². The lowest BCUT2D eigenvalue weighted by molar-refractivity contribution is -0.141. The number of nitrogens with zero attached hydrogens (tertiary/aromatic N) is 2. The molecule has 0 radical (unpaired) electrons. The monoisotopic (exact) mass is 190 g/mol. The van der Waals surface area contributed by atoms with E-state index in [1.54, 1.807) is 0 Å². The van der Waals surface area contributed by atoms with E-state index in [1.165, 1.54) is 6.20 Å². The molecule has 0 aromatic carbocycles. The minimum atomic E-state index is -4.39. The Hall–Kier alpha value is -1.13. The van der Waals surface area contributed by atoms with E-state index in [9.17, 15) is 13.2 Å². The summed E-state index contributed by atoms with van der Waals surface area (Å²) < 4.78 is 36.3. The van der Waals surface area contributed by atoms with Gasteiger partial charge in [0.05, 0.1) is 11.9 Å². The molecule has 1 heterocycles. The summed E-state index contributed by atoms with van der Waals surface area (Å²) in [6, 6.07) is 0. The molecule has 0 amide bonds. The van der Waals surface area contributed by atoms with Crippen LogP contribution < -0.4 is 0 Å². The Bertz CT molecular complexity index is 283. The van der Waals surface area contributed by atoms with Crippen molar-refractivity contribution >= 4 is 0 Å². The predicted molar refractivity (Wildman–Crippen MR) is 41.0 cm³/mol. The largest absolute Gasteiger partial charge is 0.434 e. The fraction of sp³-hybridized carbons (Fsp3) is 0.500. The molecular formula is C8H9F3N2. The van der Waals surface area contributed by atoms with Crippen LogP contribution in [0.3, 0.4) is 0 Å². The first-order chi connectivity index (χ1) is 6.04. The van der Waals surface area contributed by atoms with E-state index in [4.69, 9.17) is 0 Å². The van der Waals surface area contributed by atoms with Gasteiger partial charge in [-0.3, -0.25) is 4.98 Å². The molecule has 13 heavy (non-hydrogen) atoms. The molecule has 5 heteroatoms. The van der Waals surface area contributed by atoms with Gasteiger partial charge >= 0.3 is 6.18 Å². The van der Waals surface area contributed by atoms with Crippen molar-refractivity contribution < 1.29 is 13.2 Å². The number of aromatic nitrogens is 2. The molecule has 1 rings (SSSR count). The molecule has 0 aliphatic rings. The Morgan fingerprint density at radius 1 is 1.31 bits per heavy atom. The van der Waals surface area contributed by atoms with Crippen molar-refractivity contribution in [1.82, 2.24) is 9.97 Å². The van der Waals surface area contributed by atoms with Gasteiger partial charge in [0.2, 0.25) is 0 Å². The molecule has 72 valence electrons. The number of aryl methyl sites for hydroxylation is 1. The fourth-order valence-corrected chi connectivity index (χ4v) is 0.920. The van der Waals surface area contributed by atoms with Crippen molar-refractivity contribution in [2.24, 2.45) is 0 Å². The molecular weight excluding hydrogens is 181 g/mol. The third-order valence-corrected chi connectivity index (χ3v) is 1.48. The zero-order chi connectivity index (χ0) is 9.90. The van der Waals surface area contributed by atoms with Gasteiger partial charge in [0.15, 0.2) is 5.69 Å². The van der Waals surface area contributed by atoms with Crippen LogP contribution >= 0.6 is 0 Å². The van der Waals surface area contributed by atoms with Gasteiger partial charge in [0.25, 0.3) is 0 Å². The van der Waals surface area contributed by atoms with Crippen molar-refractivity contribution in [2.75, 3.05) is 0 Å². The topological polar surface area (TPSA) is 25.8 Å². The van der Waals surface area contributed by atoms with Gasteiger partial charge in [-0.1, -0.05) is 13.3 Å². The molecule has 0 saturated carbocycles. The van der Waals surface area contributed by atoms with Gasteiger partial charge in [-0.2, -0.15) is 13.2 Å². The van der Waals surface area contributed by atoms with Crippen LogP contribution in [0.1, 0.15) is 24.7 Å². The average molecular weight is 190 g/mol. The van der Waals surface area contributed by atoms with Crippen molar-refractivity contribution in [1.29, 1.82) is 0 Å². The van der Waals surface area contributed by atoms with Gasteiger partial charge in [0, 0.05) is 6.20 Å². The maximum absolute atomic E-state index is 12.1. The number of hydrogen-bond donors (Lipinski definition) is 0. The Morgan fingerprint density at radius 2 is 2.00 bits per heavy atom. The van der Waals surface area contributed by atoms with Gasteiger partial charge in [-0.25, -0.2) is 4.98 Å². The molecule has 1 aromatic rings. The van der Waals surface area contributed by atoms with E-state index in [0.717, 1.165) is 12.6 Å². The van der Waals surface area contributed by atoms with E-state index in [0.29, 0.717) is 12.1 Å². The second-order valence-electron chi connectivity index (χ2n) is 2.64. The Morgan fingerprint density at radius 3 is 2.54 bits per heavy atom. The zero-order valence-electron chi connectivity index (χ0n) is 7.10. The molecule has 2 nitrogen and oxygen atoms in total. The third-order valence-electron chi connectivity index (χ3n) is 1.48. The molecule has 0 atom stereocenters. The summed E-state index contributed by atoms with van der Waals surface area (Å²) >= 11 is 0.